The molecule has 1 amide bonds. The molecule has 0 aromatic carbocycles. The third kappa shape index (κ3) is 3.26. The molecule has 1 aliphatic carbocycles. The lowest BCUT2D eigenvalue weighted by Crippen LogP contribution is -2.53. The number of aliphatic hydroxyl groups excluding tert-OH is 1. The molecule has 0 spiro atoms. The molecule has 0 radical (unpaired) electrons. The van der Waals surface area contributed by atoms with Crippen LogP contribution in [-0.4, -0.2) is 62.9 Å². The maximum absolute atomic E-state index is 11.5. The van der Waals surface area contributed by atoms with Gasteiger partial charge >= 0.3 is 6.09 Å². The van der Waals surface area contributed by atoms with Crippen molar-refractivity contribution in [2.24, 2.45) is 0 Å². The van der Waals surface area contributed by atoms with Gasteiger partial charge in [-0.05, 0) is 40.0 Å². The van der Waals surface area contributed by atoms with E-state index in [1.54, 1.807) is 4.90 Å². The van der Waals surface area contributed by atoms with E-state index in [4.69, 9.17) is 0 Å². The summed E-state index contributed by atoms with van der Waals surface area (Å²) < 4.78 is 0. The van der Waals surface area contributed by atoms with Crippen LogP contribution in [0.5, 0.6) is 0 Å². The Labute approximate surface area is 121 Å². The molecule has 0 bridgehead atoms. The van der Waals surface area contributed by atoms with Crippen LogP contribution in [-0.2, 0) is 0 Å². The highest BCUT2D eigenvalue weighted by atomic mass is 16.4. The smallest absolute Gasteiger partial charge is 0.408 e. The summed E-state index contributed by atoms with van der Waals surface area (Å²) in [6, 6.07) is 0.269. The second-order valence-electron chi connectivity index (χ2n) is 7.18. The van der Waals surface area contributed by atoms with Crippen LogP contribution < -0.4 is 0 Å². The maximum atomic E-state index is 11.5. The van der Waals surface area contributed by atoms with Crippen LogP contribution in [0.15, 0.2) is 0 Å². The van der Waals surface area contributed by atoms with Crippen LogP contribution in [0.4, 0.5) is 4.79 Å². The number of nitrogens with zero attached hydrogens (tertiary/aromatic N) is 2. The summed E-state index contributed by atoms with van der Waals surface area (Å²) in [4.78, 5) is 15.4. The van der Waals surface area contributed by atoms with Gasteiger partial charge in [-0.2, -0.15) is 0 Å². The van der Waals surface area contributed by atoms with Gasteiger partial charge in [0.05, 0.1) is 6.10 Å². The van der Waals surface area contributed by atoms with Crippen molar-refractivity contribution in [1.82, 2.24) is 9.80 Å². The molecule has 2 N–H and O–H groups in total. The van der Waals surface area contributed by atoms with Gasteiger partial charge in [-0.25, -0.2) is 4.79 Å². The molecule has 1 aliphatic heterocycles. The fourth-order valence-corrected chi connectivity index (χ4v) is 3.79. The Hall–Kier alpha value is -0.810. The molecule has 1 heterocycles. The normalized spacial score (nSPS) is 32.3. The molecule has 0 unspecified atom stereocenters. The van der Waals surface area contributed by atoms with Crippen molar-refractivity contribution in [3.05, 3.63) is 0 Å². The lowest BCUT2D eigenvalue weighted by molar-refractivity contribution is 0.0232. The topological polar surface area (TPSA) is 64.0 Å². The maximum Gasteiger partial charge on any atom is 0.408 e. The van der Waals surface area contributed by atoms with Gasteiger partial charge in [0, 0.05) is 30.7 Å². The fourth-order valence-electron chi connectivity index (χ4n) is 3.79. The summed E-state index contributed by atoms with van der Waals surface area (Å²) in [7, 11) is 0. The fraction of sp³-hybridized carbons (Fsp3) is 0.933. The zero-order chi connectivity index (χ0) is 14.9. The molecule has 5 nitrogen and oxygen atoms in total. The summed E-state index contributed by atoms with van der Waals surface area (Å²) in [5, 5.41) is 19.6. The molecule has 0 aromatic heterocycles. The van der Waals surface area contributed by atoms with Crippen molar-refractivity contribution >= 4 is 6.09 Å². The standard InChI is InChI=1S/C15H28N2O3/c1-15(2,3)17(14(19)20)11-8-9-16(10-11)12-6-4-5-7-13(12)18/h11-13,18H,4-10H2,1-3H3,(H,19,20)/t11-,12-,13-/m1/s1. The Morgan fingerprint density at radius 1 is 1.20 bits per heavy atom. The monoisotopic (exact) mass is 284 g/mol. The van der Waals surface area contributed by atoms with E-state index in [9.17, 15) is 15.0 Å². The van der Waals surface area contributed by atoms with Crippen molar-refractivity contribution in [3.63, 3.8) is 0 Å². The average Bonchev–Trinajstić information content (AvgIpc) is 2.76. The van der Waals surface area contributed by atoms with Crippen molar-refractivity contribution in [1.29, 1.82) is 0 Å². The number of hydrogen-bond donors (Lipinski definition) is 2. The average molecular weight is 284 g/mol. The molecule has 2 fully saturated rings. The van der Waals surface area contributed by atoms with Gasteiger partial charge in [-0.1, -0.05) is 12.8 Å². The van der Waals surface area contributed by atoms with Crippen LogP contribution >= 0.6 is 0 Å². The zero-order valence-electron chi connectivity index (χ0n) is 12.9. The third-order valence-corrected chi connectivity index (χ3v) is 4.65. The number of aliphatic hydroxyl groups is 1. The van der Waals surface area contributed by atoms with Crippen LogP contribution in [0.25, 0.3) is 0 Å². The molecule has 3 atom stereocenters. The second kappa shape index (κ2) is 5.90. The van der Waals surface area contributed by atoms with Crippen molar-refractivity contribution in [2.45, 2.75) is 76.6 Å². The molecule has 5 heteroatoms. The summed E-state index contributed by atoms with van der Waals surface area (Å²) in [6.45, 7) is 7.48. The van der Waals surface area contributed by atoms with Gasteiger partial charge in [0.2, 0.25) is 0 Å². The minimum Gasteiger partial charge on any atom is -0.465 e. The minimum absolute atomic E-state index is 0.0432. The molecule has 2 rings (SSSR count). The van der Waals surface area contributed by atoms with Crippen molar-refractivity contribution in [3.8, 4) is 0 Å². The first-order chi connectivity index (χ1) is 9.30. The van der Waals surface area contributed by atoms with Gasteiger partial charge < -0.3 is 10.2 Å². The van der Waals surface area contributed by atoms with Crippen LogP contribution in [0.3, 0.4) is 0 Å². The highest BCUT2D eigenvalue weighted by molar-refractivity contribution is 5.66. The summed E-state index contributed by atoms with van der Waals surface area (Å²) in [6.07, 6.45) is 3.99. The second-order valence-corrected chi connectivity index (χ2v) is 7.18. The Bertz CT molecular complexity index is 354. The Morgan fingerprint density at radius 2 is 1.85 bits per heavy atom. The number of likely N-dealkylation sites (tertiary alicyclic amines) is 1. The first-order valence-corrected chi connectivity index (χ1v) is 7.75. The van der Waals surface area contributed by atoms with E-state index in [0.717, 1.165) is 38.8 Å². The molecular formula is C15H28N2O3. The molecule has 1 saturated heterocycles. The van der Waals surface area contributed by atoms with Gasteiger partial charge in [0.15, 0.2) is 0 Å². The van der Waals surface area contributed by atoms with Crippen LogP contribution in [0.2, 0.25) is 0 Å². The highest BCUT2D eigenvalue weighted by Crippen LogP contribution is 2.30. The van der Waals surface area contributed by atoms with E-state index in [-0.39, 0.29) is 23.7 Å². The first-order valence-electron chi connectivity index (χ1n) is 7.75. The predicted octanol–water partition coefficient (Wildman–Crippen LogP) is 2.14. The lowest BCUT2D eigenvalue weighted by Gasteiger charge is -2.39. The summed E-state index contributed by atoms with van der Waals surface area (Å²) in [5.74, 6) is 0. The predicted molar refractivity (Wildman–Crippen MR) is 77.9 cm³/mol. The zero-order valence-corrected chi connectivity index (χ0v) is 12.9. The van der Waals surface area contributed by atoms with E-state index in [0.29, 0.717) is 0 Å². The highest BCUT2D eigenvalue weighted by Gasteiger charge is 2.40. The Kier molecular flexibility index (Phi) is 4.59. The molecule has 1 saturated carbocycles. The third-order valence-electron chi connectivity index (χ3n) is 4.65. The number of carbonyl (C=O) groups is 1. The first kappa shape index (κ1) is 15.6. The molecule has 2 aliphatic rings. The van der Waals surface area contributed by atoms with Crippen molar-refractivity contribution < 1.29 is 15.0 Å². The Morgan fingerprint density at radius 3 is 2.40 bits per heavy atom. The van der Waals surface area contributed by atoms with E-state index in [1.165, 1.54) is 6.42 Å². The van der Waals surface area contributed by atoms with Gasteiger partial charge in [0.25, 0.3) is 0 Å². The molecule has 20 heavy (non-hydrogen) atoms. The summed E-state index contributed by atoms with van der Waals surface area (Å²) >= 11 is 0. The molecular weight excluding hydrogens is 256 g/mol. The van der Waals surface area contributed by atoms with Gasteiger partial charge in [-0.15, -0.1) is 0 Å². The Balaban J connectivity index is 2.02. The van der Waals surface area contributed by atoms with Gasteiger partial charge in [-0.3, -0.25) is 9.80 Å². The molecule has 116 valence electrons. The largest absolute Gasteiger partial charge is 0.465 e. The van der Waals surface area contributed by atoms with E-state index < -0.39 is 6.09 Å². The van der Waals surface area contributed by atoms with Crippen LogP contribution in [0.1, 0.15) is 52.9 Å². The number of carboxylic acid groups (broad SMARTS) is 1. The van der Waals surface area contributed by atoms with E-state index >= 15 is 0 Å². The van der Waals surface area contributed by atoms with Crippen molar-refractivity contribution in [2.75, 3.05) is 13.1 Å². The van der Waals surface area contributed by atoms with E-state index in [2.05, 4.69) is 4.90 Å². The summed E-state index contributed by atoms with van der Waals surface area (Å²) in [5.41, 5.74) is -0.377. The molecule has 0 aromatic rings. The van der Waals surface area contributed by atoms with Crippen LogP contribution in [0, 0.1) is 0 Å². The number of rotatable bonds is 2. The number of amides is 1. The quantitative estimate of drug-likeness (QED) is 0.815. The minimum atomic E-state index is -0.839. The van der Waals surface area contributed by atoms with E-state index in [1.807, 2.05) is 20.8 Å². The van der Waals surface area contributed by atoms with Gasteiger partial charge in [0.1, 0.15) is 0 Å². The number of hydrogen-bond acceptors (Lipinski definition) is 3. The lowest BCUT2D eigenvalue weighted by atomic mass is 9.91. The SMILES string of the molecule is CC(C)(C)N(C(=O)O)[C@@H]1CCN([C@@H]2CCCC[C@H]2O)C1.